The molecule has 0 aliphatic carbocycles. The minimum atomic E-state index is -0.818. The molecule has 0 bridgehead atoms. The highest BCUT2D eigenvalue weighted by Crippen LogP contribution is 2.25. The van der Waals surface area contributed by atoms with E-state index in [1.54, 1.807) is 26.0 Å². The number of carboxylic acid groups (broad SMARTS) is 1. The molecule has 19 heavy (non-hydrogen) atoms. The van der Waals surface area contributed by atoms with Gasteiger partial charge in [0.05, 0.1) is 10.8 Å². The summed E-state index contributed by atoms with van der Waals surface area (Å²) >= 11 is 0. The zero-order valence-electron chi connectivity index (χ0n) is 11.0. The maximum atomic E-state index is 10.9. The van der Waals surface area contributed by atoms with Gasteiger partial charge in [-0.05, 0) is 31.4 Å². The molecule has 0 aliphatic heterocycles. The zero-order valence-corrected chi connectivity index (χ0v) is 11.0. The molecule has 0 radical (unpaired) electrons. The second kappa shape index (κ2) is 6.72. The summed E-state index contributed by atoms with van der Waals surface area (Å²) in [5, 5.41) is 22.6. The number of hydrogen-bond acceptors (Lipinski definition) is 4. The van der Waals surface area contributed by atoms with Gasteiger partial charge in [0.1, 0.15) is 5.69 Å². The Morgan fingerprint density at radius 3 is 2.79 bits per heavy atom. The third-order valence-electron chi connectivity index (χ3n) is 2.90. The molecule has 0 heterocycles. The highest BCUT2D eigenvalue weighted by molar-refractivity contribution is 5.69. The van der Waals surface area contributed by atoms with Crippen LogP contribution in [0.15, 0.2) is 18.2 Å². The van der Waals surface area contributed by atoms with Crippen molar-refractivity contribution < 1.29 is 14.8 Å². The summed E-state index contributed by atoms with van der Waals surface area (Å²) in [5.74, 6) is -1.21. The molecule has 1 atom stereocenters. The van der Waals surface area contributed by atoms with Gasteiger partial charge in [-0.1, -0.05) is 13.0 Å². The van der Waals surface area contributed by atoms with Crippen molar-refractivity contribution in [1.29, 1.82) is 0 Å². The lowest BCUT2D eigenvalue weighted by Crippen LogP contribution is -2.12. The molecule has 0 fully saturated rings. The van der Waals surface area contributed by atoms with Crippen LogP contribution >= 0.6 is 0 Å². The highest BCUT2D eigenvalue weighted by atomic mass is 16.6. The first-order chi connectivity index (χ1) is 8.91. The number of nitrogens with zero attached hydrogens (tertiary/aromatic N) is 1. The van der Waals surface area contributed by atoms with E-state index in [1.165, 1.54) is 6.07 Å². The standard InChI is InChI=1S/C13H18N2O4/c1-9-5-6-11(12(8-9)15(18)19)14-7-3-4-10(2)13(16)17/h5-6,8,10,14H,3-4,7H2,1-2H3,(H,16,17). The lowest BCUT2D eigenvalue weighted by Gasteiger charge is -2.09. The van der Waals surface area contributed by atoms with Gasteiger partial charge < -0.3 is 10.4 Å². The number of carbonyl (C=O) groups is 1. The normalized spacial score (nSPS) is 11.9. The van der Waals surface area contributed by atoms with Gasteiger partial charge in [0.25, 0.3) is 5.69 Å². The maximum absolute atomic E-state index is 10.9. The van der Waals surface area contributed by atoms with E-state index < -0.39 is 16.8 Å². The molecule has 0 amide bonds. The SMILES string of the molecule is Cc1ccc(NCCCC(C)C(=O)O)c([N+](=O)[O-])c1. The van der Waals surface area contributed by atoms with Crippen LogP contribution in [-0.2, 0) is 4.79 Å². The van der Waals surface area contributed by atoms with Crippen LogP contribution in [0.25, 0.3) is 0 Å². The Hall–Kier alpha value is -2.11. The summed E-state index contributed by atoms with van der Waals surface area (Å²) in [4.78, 5) is 21.1. The van der Waals surface area contributed by atoms with Crippen LogP contribution in [0.4, 0.5) is 11.4 Å². The molecule has 1 aromatic carbocycles. The Bertz CT molecular complexity index is 474. The van der Waals surface area contributed by atoms with Crippen molar-refractivity contribution in [1.82, 2.24) is 0 Å². The molecule has 2 N–H and O–H groups in total. The van der Waals surface area contributed by atoms with Crippen molar-refractivity contribution in [3.05, 3.63) is 33.9 Å². The first kappa shape index (κ1) is 14.9. The number of nitro groups is 1. The van der Waals surface area contributed by atoms with E-state index in [0.717, 1.165) is 5.56 Å². The molecule has 1 unspecified atom stereocenters. The summed E-state index contributed by atoms with van der Waals surface area (Å²) < 4.78 is 0. The predicted molar refractivity (Wildman–Crippen MR) is 72.4 cm³/mol. The van der Waals surface area contributed by atoms with Crippen LogP contribution in [0.5, 0.6) is 0 Å². The molecule has 104 valence electrons. The van der Waals surface area contributed by atoms with Gasteiger partial charge in [-0.25, -0.2) is 0 Å². The quantitative estimate of drug-likeness (QED) is 0.449. The van der Waals surface area contributed by atoms with Crippen molar-refractivity contribution in [3.8, 4) is 0 Å². The van der Waals surface area contributed by atoms with Crippen molar-refractivity contribution in [2.45, 2.75) is 26.7 Å². The fourth-order valence-corrected chi connectivity index (χ4v) is 1.70. The number of aliphatic carboxylic acids is 1. The Morgan fingerprint density at radius 1 is 1.53 bits per heavy atom. The van der Waals surface area contributed by atoms with Gasteiger partial charge in [-0.3, -0.25) is 14.9 Å². The Morgan fingerprint density at radius 2 is 2.21 bits per heavy atom. The molecular weight excluding hydrogens is 248 g/mol. The second-order valence-electron chi connectivity index (χ2n) is 4.59. The molecule has 0 saturated carbocycles. The minimum Gasteiger partial charge on any atom is -0.481 e. The van der Waals surface area contributed by atoms with Crippen molar-refractivity contribution >= 4 is 17.3 Å². The summed E-state index contributed by atoms with van der Waals surface area (Å²) in [6.07, 6.45) is 1.19. The van der Waals surface area contributed by atoms with Gasteiger partial charge in [0.2, 0.25) is 0 Å². The number of nitro benzene ring substituents is 1. The topological polar surface area (TPSA) is 92.5 Å². The van der Waals surface area contributed by atoms with Crippen LogP contribution in [0.2, 0.25) is 0 Å². The van der Waals surface area contributed by atoms with Gasteiger partial charge in [-0.2, -0.15) is 0 Å². The third-order valence-corrected chi connectivity index (χ3v) is 2.90. The van der Waals surface area contributed by atoms with E-state index in [4.69, 9.17) is 5.11 Å². The van der Waals surface area contributed by atoms with Gasteiger partial charge in [0, 0.05) is 12.6 Å². The van der Waals surface area contributed by atoms with Crippen LogP contribution < -0.4 is 5.32 Å². The molecule has 6 heteroatoms. The van der Waals surface area contributed by atoms with E-state index in [-0.39, 0.29) is 5.69 Å². The molecular formula is C13H18N2O4. The smallest absolute Gasteiger partial charge is 0.306 e. The summed E-state index contributed by atoms with van der Waals surface area (Å²) in [5.41, 5.74) is 1.35. The number of hydrogen-bond donors (Lipinski definition) is 2. The molecule has 1 rings (SSSR count). The van der Waals surface area contributed by atoms with Crippen LogP contribution in [0.1, 0.15) is 25.3 Å². The molecule has 6 nitrogen and oxygen atoms in total. The Balaban J connectivity index is 2.54. The molecule has 0 spiro atoms. The molecule has 0 aromatic heterocycles. The lowest BCUT2D eigenvalue weighted by atomic mass is 10.1. The minimum absolute atomic E-state index is 0.0475. The highest BCUT2D eigenvalue weighted by Gasteiger charge is 2.14. The molecule has 1 aromatic rings. The summed E-state index contributed by atoms with van der Waals surface area (Å²) in [6, 6.07) is 4.99. The lowest BCUT2D eigenvalue weighted by molar-refractivity contribution is -0.384. The number of benzene rings is 1. The van der Waals surface area contributed by atoms with Gasteiger partial charge >= 0.3 is 5.97 Å². The summed E-state index contributed by atoms with van der Waals surface area (Å²) in [6.45, 7) is 3.96. The summed E-state index contributed by atoms with van der Waals surface area (Å²) in [7, 11) is 0. The van der Waals surface area contributed by atoms with E-state index >= 15 is 0 Å². The monoisotopic (exact) mass is 266 g/mol. The average Bonchev–Trinajstić information content (AvgIpc) is 2.35. The van der Waals surface area contributed by atoms with Gasteiger partial charge in [-0.15, -0.1) is 0 Å². The van der Waals surface area contributed by atoms with E-state index in [1.807, 2.05) is 0 Å². The number of nitrogens with one attached hydrogen (secondary N) is 1. The number of anilines is 1. The second-order valence-corrected chi connectivity index (χ2v) is 4.59. The maximum Gasteiger partial charge on any atom is 0.306 e. The van der Waals surface area contributed by atoms with E-state index in [0.29, 0.717) is 25.1 Å². The zero-order chi connectivity index (χ0) is 14.4. The number of rotatable bonds is 7. The van der Waals surface area contributed by atoms with Crippen LogP contribution in [0.3, 0.4) is 0 Å². The van der Waals surface area contributed by atoms with Crippen LogP contribution in [-0.4, -0.2) is 22.5 Å². The first-order valence-corrected chi connectivity index (χ1v) is 6.13. The molecule has 0 saturated heterocycles. The van der Waals surface area contributed by atoms with Gasteiger partial charge in [0.15, 0.2) is 0 Å². The average molecular weight is 266 g/mol. The largest absolute Gasteiger partial charge is 0.481 e. The van der Waals surface area contributed by atoms with E-state index in [2.05, 4.69) is 5.32 Å². The fraction of sp³-hybridized carbons (Fsp3) is 0.462. The van der Waals surface area contributed by atoms with E-state index in [9.17, 15) is 14.9 Å². The number of aryl methyl sites for hydroxylation is 1. The fourth-order valence-electron chi connectivity index (χ4n) is 1.70. The number of carboxylic acids is 1. The van der Waals surface area contributed by atoms with Crippen molar-refractivity contribution in [2.24, 2.45) is 5.92 Å². The predicted octanol–water partition coefficient (Wildman–Crippen LogP) is 2.82. The van der Waals surface area contributed by atoms with Crippen LogP contribution in [0, 0.1) is 23.0 Å². The first-order valence-electron chi connectivity index (χ1n) is 6.13. The van der Waals surface area contributed by atoms with Crippen molar-refractivity contribution in [2.75, 3.05) is 11.9 Å². The Labute approximate surface area is 111 Å². The molecule has 0 aliphatic rings. The van der Waals surface area contributed by atoms with Crippen molar-refractivity contribution in [3.63, 3.8) is 0 Å². The Kier molecular flexibility index (Phi) is 5.29. The third kappa shape index (κ3) is 4.57.